The Bertz CT molecular complexity index is 691. The van der Waals surface area contributed by atoms with Crippen molar-refractivity contribution < 1.29 is 13.9 Å². The lowest BCUT2D eigenvalue weighted by molar-refractivity contribution is -0.141. The van der Waals surface area contributed by atoms with Crippen LogP contribution in [-0.4, -0.2) is 47.7 Å². The Hall–Kier alpha value is -2.34. The van der Waals surface area contributed by atoms with Crippen LogP contribution in [-0.2, 0) is 16.1 Å². The highest BCUT2D eigenvalue weighted by Crippen LogP contribution is 2.23. The van der Waals surface area contributed by atoms with E-state index >= 15 is 0 Å². The van der Waals surface area contributed by atoms with Crippen molar-refractivity contribution in [2.75, 3.05) is 27.2 Å². The van der Waals surface area contributed by atoms with Crippen molar-refractivity contribution >= 4 is 12.0 Å². The summed E-state index contributed by atoms with van der Waals surface area (Å²) in [5, 5.41) is 0. The normalized spacial score (nSPS) is 15.7. The van der Waals surface area contributed by atoms with Crippen molar-refractivity contribution in [2.45, 2.75) is 19.4 Å². The van der Waals surface area contributed by atoms with E-state index in [0.717, 1.165) is 37.2 Å². The molecule has 0 aliphatic carbocycles. The van der Waals surface area contributed by atoms with E-state index in [1.54, 1.807) is 17.1 Å². The van der Waals surface area contributed by atoms with Gasteiger partial charge in [-0.2, -0.15) is 0 Å². The second-order valence-electron chi connectivity index (χ2n) is 5.81. The quantitative estimate of drug-likeness (QED) is 0.811. The molecule has 2 aromatic heterocycles. The number of furan rings is 1. The van der Waals surface area contributed by atoms with E-state index in [1.807, 2.05) is 12.3 Å². The summed E-state index contributed by atoms with van der Waals surface area (Å²) in [7, 11) is 3.52. The van der Waals surface area contributed by atoms with Crippen LogP contribution in [0.3, 0.4) is 0 Å². The smallest absolute Gasteiger partial charge is 0.325 e. The van der Waals surface area contributed by atoms with Crippen molar-refractivity contribution in [3.05, 3.63) is 36.1 Å². The summed E-state index contributed by atoms with van der Waals surface area (Å²) >= 11 is 0. The Morgan fingerprint density at radius 1 is 1.43 bits per heavy atom. The van der Waals surface area contributed by atoms with Crippen molar-refractivity contribution in [3.8, 4) is 11.4 Å². The number of piperidine rings is 1. The minimum atomic E-state index is -0.300. The maximum absolute atomic E-state index is 11.6. The third kappa shape index (κ3) is 3.71. The minimum absolute atomic E-state index is 0.135. The van der Waals surface area contributed by atoms with E-state index in [2.05, 4.69) is 23.0 Å². The molecule has 0 radical (unpaired) electrons. The zero-order chi connectivity index (χ0) is 16.2. The molecule has 1 aliphatic rings. The topological polar surface area (TPSA) is 60.5 Å². The fourth-order valence-corrected chi connectivity index (χ4v) is 2.71. The summed E-state index contributed by atoms with van der Waals surface area (Å²) in [5.74, 6) is 0.412. The molecular weight excluding hydrogens is 294 g/mol. The van der Waals surface area contributed by atoms with Gasteiger partial charge in [-0.05, 0) is 32.0 Å². The summed E-state index contributed by atoms with van der Waals surface area (Å²) in [4.78, 5) is 18.6. The lowest BCUT2D eigenvalue weighted by Crippen LogP contribution is -2.26. The second-order valence-corrected chi connectivity index (χ2v) is 5.81. The van der Waals surface area contributed by atoms with Gasteiger partial charge in [-0.1, -0.05) is 5.57 Å². The number of hydrogen-bond donors (Lipinski definition) is 0. The van der Waals surface area contributed by atoms with Crippen LogP contribution < -0.4 is 0 Å². The Morgan fingerprint density at radius 3 is 2.87 bits per heavy atom. The van der Waals surface area contributed by atoms with Gasteiger partial charge in [0.05, 0.1) is 24.6 Å². The number of nitrogens with zero attached hydrogens (tertiary/aromatic N) is 3. The molecule has 0 aromatic carbocycles. The van der Waals surface area contributed by atoms with Gasteiger partial charge in [0, 0.05) is 19.3 Å². The van der Waals surface area contributed by atoms with Crippen LogP contribution in [0.4, 0.5) is 0 Å². The van der Waals surface area contributed by atoms with Crippen molar-refractivity contribution in [3.63, 3.8) is 0 Å². The van der Waals surface area contributed by atoms with Gasteiger partial charge in [0.25, 0.3) is 0 Å². The fourth-order valence-electron chi connectivity index (χ4n) is 2.71. The SMILES string of the molecule is COC(=O)Cn1cc(C=C2CCN(C)CC2)nc1-c1ccoc1. The number of carbonyl (C=O) groups excluding carboxylic acids is 1. The van der Waals surface area contributed by atoms with E-state index in [-0.39, 0.29) is 12.5 Å². The van der Waals surface area contributed by atoms with Crippen LogP contribution in [0, 0.1) is 0 Å². The highest BCUT2D eigenvalue weighted by atomic mass is 16.5. The van der Waals surface area contributed by atoms with Gasteiger partial charge in [-0.3, -0.25) is 4.79 Å². The third-order valence-electron chi connectivity index (χ3n) is 4.08. The van der Waals surface area contributed by atoms with Crippen LogP contribution in [0.25, 0.3) is 17.5 Å². The van der Waals surface area contributed by atoms with Gasteiger partial charge in [-0.15, -0.1) is 0 Å². The number of hydrogen-bond acceptors (Lipinski definition) is 5. The molecule has 1 saturated heterocycles. The van der Waals surface area contributed by atoms with Gasteiger partial charge in [0.15, 0.2) is 0 Å². The first-order chi connectivity index (χ1) is 11.2. The molecular formula is C17H21N3O3. The Labute approximate surface area is 135 Å². The summed E-state index contributed by atoms with van der Waals surface area (Å²) in [6, 6.07) is 1.84. The van der Waals surface area contributed by atoms with E-state index in [4.69, 9.17) is 9.15 Å². The number of likely N-dealkylation sites (tertiary alicyclic amines) is 1. The van der Waals surface area contributed by atoms with Gasteiger partial charge >= 0.3 is 5.97 Å². The molecule has 0 amide bonds. The van der Waals surface area contributed by atoms with E-state index < -0.39 is 0 Å². The molecule has 1 aliphatic heterocycles. The standard InChI is InChI=1S/C17H21N3O3/c1-19-6-3-13(4-7-19)9-15-10-20(11-16(21)22-2)17(18-15)14-5-8-23-12-14/h5,8-10,12H,3-4,6-7,11H2,1-2H3. The maximum Gasteiger partial charge on any atom is 0.325 e. The first kappa shape index (κ1) is 15.6. The van der Waals surface area contributed by atoms with Crippen molar-refractivity contribution in [1.29, 1.82) is 0 Å². The van der Waals surface area contributed by atoms with Crippen LogP contribution in [0.15, 0.2) is 34.8 Å². The zero-order valence-electron chi connectivity index (χ0n) is 13.5. The molecule has 6 nitrogen and oxygen atoms in total. The molecule has 0 atom stereocenters. The number of ether oxygens (including phenoxy) is 1. The average Bonchev–Trinajstić information content (AvgIpc) is 3.19. The van der Waals surface area contributed by atoms with E-state index in [9.17, 15) is 4.79 Å². The molecule has 0 bridgehead atoms. The van der Waals surface area contributed by atoms with E-state index in [0.29, 0.717) is 5.82 Å². The fraction of sp³-hybridized carbons (Fsp3) is 0.412. The van der Waals surface area contributed by atoms with Crippen LogP contribution in [0.5, 0.6) is 0 Å². The zero-order valence-corrected chi connectivity index (χ0v) is 13.5. The molecule has 0 saturated carbocycles. The predicted molar refractivity (Wildman–Crippen MR) is 86.7 cm³/mol. The molecule has 122 valence electrons. The summed E-state index contributed by atoms with van der Waals surface area (Å²) in [6.07, 6.45) is 9.36. The maximum atomic E-state index is 11.6. The second kappa shape index (κ2) is 6.83. The first-order valence-corrected chi connectivity index (χ1v) is 7.70. The van der Waals surface area contributed by atoms with Crippen LogP contribution >= 0.6 is 0 Å². The molecule has 0 unspecified atom stereocenters. The average molecular weight is 315 g/mol. The van der Waals surface area contributed by atoms with Gasteiger partial charge in [-0.25, -0.2) is 4.98 Å². The number of methoxy groups -OCH3 is 1. The molecule has 0 spiro atoms. The number of carbonyl (C=O) groups is 1. The summed E-state index contributed by atoms with van der Waals surface area (Å²) < 4.78 is 11.7. The van der Waals surface area contributed by atoms with Crippen molar-refractivity contribution in [1.82, 2.24) is 14.5 Å². The third-order valence-corrected chi connectivity index (χ3v) is 4.08. The van der Waals surface area contributed by atoms with E-state index in [1.165, 1.54) is 12.7 Å². The molecule has 3 rings (SSSR count). The molecule has 1 fully saturated rings. The molecule has 2 aromatic rings. The predicted octanol–water partition coefficient (Wildman–Crippen LogP) is 2.43. The largest absolute Gasteiger partial charge is 0.472 e. The first-order valence-electron chi connectivity index (χ1n) is 7.70. The van der Waals surface area contributed by atoms with Gasteiger partial charge < -0.3 is 18.6 Å². The summed E-state index contributed by atoms with van der Waals surface area (Å²) in [5.41, 5.74) is 3.11. The molecule has 6 heteroatoms. The van der Waals surface area contributed by atoms with Gasteiger partial charge in [0.1, 0.15) is 18.6 Å². The Balaban J connectivity index is 1.88. The Kier molecular flexibility index (Phi) is 4.62. The highest BCUT2D eigenvalue weighted by Gasteiger charge is 2.15. The molecule has 0 N–H and O–H groups in total. The van der Waals surface area contributed by atoms with Crippen LogP contribution in [0.1, 0.15) is 18.5 Å². The monoisotopic (exact) mass is 315 g/mol. The molecule has 3 heterocycles. The Morgan fingerprint density at radius 2 is 2.22 bits per heavy atom. The lowest BCUT2D eigenvalue weighted by Gasteiger charge is -2.23. The number of imidazole rings is 1. The molecule has 23 heavy (non-hydrogen) atoms. The number of rotatable bonds is 4. The van der Waals surface area contributed by atoms with Crippen LogP contribution in [0.2, 0.25) is 0 Å². The minimum Gasteiger partial charge on any atom is -0.472 e. The van der Waals surface area contributed by atoms with Crippen molar-refractivity contribution in [2.24, 2.45) is 0 Å². The van der Waals surface area contributed by atoms with Gasteiger partial charge in [0.2, 0.25) is 0 Å². The number of esters is 1. The lowest BCUT2D eigenvalue weighted by atomic mass is 10.0. The summed E-state index contributed by atoms with van der Waals surface area (Å²) in [6.45, 7) is 2.28. The highest BCUT2D eigenvalue weighted by molar-refractivity contribution is 5.70. The number of aromatic nitrogens is 2.